The van der Waals surface area contributed by atoms with E-state index in [1.165, 1.54) is 15.9 Å². The van der Waals surface area contributed by atoms with Gasteiger partial charge in [-0.2, -0.15) is 4.98 Å². The van der Waals surface area contributed by atoms with E-state index in [9.17, 15) is 0 Å². The predicted molar refractivity (Wildman–Crippen MR) is 151 cm³/mol. The van der Waals surface area contributed by atoms with Gasteiger partial charge in [0.05, 0.1) is 10.6 Å². The van der Waals surface area contributed by atoms with Crippen LogP contribution in [0, 0.1) is 10.2 Å². The third-order valence-electron chi connectivity index (χ3n) is 5.91. The predicted octanol–water partition coefficient (Wildman–Crippen LogP) is 1.58. The second-order valence-electron chi connectivity index (χ2n) is 8.72. The Balaban J connectivity index is 0.000000681. The van der Waals surface area contributed by atoms with E-state index in [-0.39, 0.29) is 0 Å². The Morgan fingerprint density at radius 2 is 1.12 bits per heavy atom. The zero-order valence-corrected chi connectivity index (χ0v) is 24.6. The summed E-state index contributed by atoms with van der Waals surface area (Å²) in [6.45, 7) is 0. The van der Waals surface area contributed by atoms with Gasteiger partial charge in [-0.3, -0.25) is 0 Å². The van der Waals surface area contributed by atoms with Gasteiger partial charge in [-0.15, -0.1) is 10.2 Å². The molecule has 7 nitrogen and oxygen atoms in total. The lowest BCUT2D eigenvalue weighted by Crippen LogP contribution is -2.68. The number of halogens is 3. The van der Waals surface area contributed by atoms with Crippen LogP contribution in [0.5, 0.6) is 0 Å². The normalized spacial score (nSPS) is 11.5. The van der Waals surface area contributed by atoms with Gasteiger partial charge in [0.1, 0.15) is 15.9 Å². The average Bonchev–Trinajstić information content (AvgIpc) is 3.36. The standard InChI is InChI=1S/C29H24Cl2N2OP.ClHO4/c1-33(2)29-28(32-27(34-29)25-19-18-21(30)20-26(25)31)35(22-12-6-3-7-13-22,23-14-8-4-9-15-23)24-16-10-5-11-17-24;2-1(3,4)5/h3-20H,1-2H3;(H,2,3,4,5)/q+1;/p-1. The summed E-state index contributed by atoms with van der Waals surface area (Å²) < 4.78 is 40.4. The fourth-order valence-electron chi connectivity index (χ4n) is 4.36. The van der Waals surface area contributed by atoms with Gasteiger partial charge in [0.25, 0.3) is 11.3 Å². The number of rotatable bonds is 6. The monoisotopic (exact) mass is 616 g/mol. The van der Waals surface area contributed by atoms with E-state index in [2.05, 4.69) is 72.8 Å². The van der Waals surface area contributed by atoms with Crippen LogP contribution < -0.4 is 44.9 Å². The molecule has 4 aromatic carbocycles. The van der Waals surface area contributed by atoms with Crippen LogP contribution in [-0.4, -0.2) is 19.1 Å². The van der Waals surface area contributed by atoms with Gasteiger partial charge in [-0.1, -0.05) is 77.8 Å². The number of benzene rings is 4. The van der Waals surface area contributed by atoms with E-state index in [4.69, 9.17) is 51.2 Å². The van der Waals surface area contributed by atoms with Crippen LogP contribution in [-0.2, 0) is 0 Å². The Hall–Kier alpha value is -2.97. The van der Waals surface area contributed by atoms with Gasteiger partial charge in [0.2, 0.25) is 5.89 Å². The zero-order valence-electron chi connectivity index (χ0n) is 21.4. The average molecular weight is 618 g/mol. The Kier molecular flexibility index (Phi) is 9.52. The Morgan fingerprint density at radius 3 is 1.50 bits per heavy atom. The van der Waals surface area contributed by atoms with Gasteiger partial charge >= 0.3 is 0 Å². The topological polar surface area (TPSA) is 122 Å². The Labute approximate surface area is 244 Å². The highest BCUT2D eigenvalue weighted by molar-refractivity contribution is 8.01. The molecule has 0 N–H and O–H groups in total. The smallest absolute Gasteiger partial charge is 0.262 e. The van der Waals surface area contributed by atoms with Crippen molar-refractivity contribution in [2.45, 2.75) is 0 Å². The Bertz CT molecular complexity index is 1440. The minimum Gasteiger partial charge on any atom is -0.416 e. The van der Waals surface area contributed by atoms with E-state index in [0.717, 1.165) is 5.44 Å². The lowest BCUT2D eigenvalue weighted by Gasteiger charge is -2.26. The summed E-state index contributed by atoms with van der Waals surface area (Å²) in [6, 6.07) is 37.2. The van der Waals surface area contributed by atoms with Crippen molar-refractivity contribution in [3.8, 4) is 11.5 Å². The first-order chi connectivity index (χ1) is 19.0. The van der Waals surface area contributed by atoms with E-state index in [0.29, 0.717) is 27.4 Å². The molecule has 0 bridgehead atoms. The summed E-state index contributed by atoms with van der Waals surface area (Å²) in [4.78, 5) is 7.19. The molecule has 0 unspecified atom stereocenters. The molecular weight excluding hydrogens is 594 g/mol. The van der Waals surface area contributed by atoms with Gasteiger partial charge in [-0.05, 0) is 54.6 Å². The summed E-state index contributed by atoms with van der Waals surface area (Å²) in [5.41, 5.74) is 1.60. The number of aromatic nitrogens is 1. The lowest BCUT2D eigenvalue weighted by atomic mass is 10.2. The molecule has 0 saturated carbocycles. The summed E-state index contributed by atoms with van der Waals surface area (Å²) in [7, 11) is -3.42. The van der Waals surface area contributed by atoms with E-state index in [1.54, 1.807) is 12.1 Å². The quantitative estimate of drug-likeness (QED) is 0.265. The molecule has 5 aromatic rings. The summed E-state index contributed by atoms with van der Waals surface area (Å²) in [5, 5.41) is 4.66. The molecule has 206 valence electrons. The van der Waals surface area contributed by atoms with Crippen LogP contribution in [0.3, 0.4) is 0 Å². The van der Waals surface area contributed by atoms with Crippen molar-refractivity contribution in [1.82, 2.24) is 4.98 Å². The highest BCUT2D eigenvalue weighted by Gasteiger charge is 2.53. The van der Waals surface area contributed by atoms with Crippen molar-refractivity contribution < 1.29 is 33.3 Å². The van der Waals surface area contributed by atoms with Crippen LogP contribution in [0.1, 0.15) is 0 Å². The first-order valence-corrected chi connectivity index (χ1v) is 15.6. The SMILES string of the molecule is CN(C)c1oc(-c2ccc(Cl)cc2Cl)nc1[P+](c1ccccc1)(c1ccccc1)c1ccccc1.[O-][Cl+3]([O-])([O-])[O-]. The molecule has 0 saturated heterocycles. The van der Waals surface area contributed by atoms with Crippen molar-refractivity contribution >= 4 is 57.7 Å². The highest BCUT2D eigenvalue weighted by atomic mass is 35.7. The fourth-order valence-corrected chi connectivity index (χ4v) is 9.11. The van der Waals surface area contributed by atoms with Gasteiger partial charge in [-0.25, -0.2) is 18.6 Å². The first-order valence-electron chi connectivity index (χ1n) is 11.8. The largest absolute Gasteiger partial charge is 0.416 e. The lowest BCUT2D eigenvalue weighted by molar-refractivity contribution is -2.00. The van der Waals surface area contributed by atoms with Crippen molar-refractivity contribution in [2.24, 2.45) is 0 Å². The molecule has 1 aromatic heterocycles. The maximum absolute atomic E-state index is 8.49. The Morgan fingerprint density at radius 1 is 0.700 bits per heavy atom. The van der Waals surface area contributed by atoms with E-state index in [1.807, 2.05) is 43.3 Å². The second kappa shape index (κ2) is 12.7. The maximum atomic E-state index is 8.49. The molecule has 0 aliphatic heterocycles. The molecule has 0 radical (unpaired) electrons. The van der Waals surface area contributed by atoms with Crippen molar-refractivity contribution in [1.29, 1.82) is 0 Å². The zero-order chi connectivity index (χ0) is 28.9. The third kappa shape index (κ3) is 6.66. The maximum Gasteiger partial charge on any atom is 0.262 e. The number of oxazole rings is 1. The molecule has 0 amide bonds. The molecule has 0 aliphatic carbocycles. The first kappa shape index (κ1) is 30.0. The van der Waals surface area contributed by atoms with Gasteiger partial charge in [0.15, 0.2) is 7.26 Å². The molecule has 5 rings (SSSR count). The summed E-state index contributed by atoms with van der Waals surface area (Å²) >= 11 is 12.7. The molecule has 0 fully saturated rings. The van der Waals surface area contributed by atoms with Crippen LogP contribution in [0.15, 0.2) is 114 Å². The van der Waals surface area contributed by atoms with E-state index >= 15 is 0 Å². The highest BCUT2D eigenvalue weighted by Crippen LogP contribution is 2.56. The van der Waals surface area contributed by atoms with E-state index < -0.39 is 17.5 Å². The fraction of sp³-hybridized carbons (Fsp3) is 0.0690. The summed E-state index contributed by atoms with van der Waals surface area (Å²) in [5.74, 6) is 1.17. The van der Waals surface area contributed by atoms with Gasteiger partial charge < -0.3 is 9.32 Å². The van der Waals surface area contributed by atoms with Crippen molar-refractivity contribution in [3.63, 3.8) is 0 Å². The number of hydrogen-bond donors (Lipinski definition) is 0. The number of hydrogen-bond acceptors (Lipinski definition) is 7. The minimum atomic E-state index is -4.94. The molecule has 1 heterocycles. The van der Waals surface area contributed by atoms with Crippen molar-refractivity contribution in [3.05, 3.63) is 119 Å². The third-order valence-corrected chi connectivity index (χ3v) is 10.6. The van der Waals surface area contributed by atoms with Crippen LogP contribution in [0.2, 0.25) is 10.0 Å². The molecule has 0 spiro atoms. The molecular formula is C29H24Cl3N2O5P. The minimum absolute atomic E-state index is 0.470. The van der Waals surface area contributed by atoms with Crippen LogP contribution in [0.25, 0.3) is 11.5 Å². The van der Waals surface area contributed by atoms with Crippen LogP contribution in [0.4, 0.5) is 5.88 Å². The van der Waals surface area contributed by atoms with Crippen LogP contribution >= 0.6 is 30.5 Å². The second-order valence-corrected chi connectivity index (χ2v) is 13.6. The molecule has 11 heteroatoms. The van der Waals surface area contributed by atoms with Gasteiger partial charge in [0, 0.05) is 19.1 Å². The summed E-state index contributed by atoms with van der Waals surface area (Å²) in [6.07, 6.45) is 0. The van der Waals surface area contributed by atoms with Crippen molar-refractivity contribution in [2.75, 3.05) is 19.0 Å². The number of anilines is 1. The number of nitrogens with zero attached hydrogens (tertiary/aromatic N) is 2. The molecule has 0 atom stereocenters. The molecule has 0 aliphatic rings. The molecule has 40 heavy (non-hydrogen) atoms.